The molecule has 4 nitrogen and oxygen atoms in total. The van der Waals surface area contributed by atoms with E-state index in [-0.39, 0.29) is 18.5 Å². The first kappa shape index (κ1) is 9.84. The third kappa shape index (κ3) is 2.62. The van der Waals surface area contributed by atoms with Crippen LogP contribution in [0.2, 0.25) is 0 Å². The van der Waals surface area contributed by atoms with Gasteiger partial charge < -0.3 is 17.2 Å². The molecule has 6 N–H and O–H groups in total. The highest BCUT2D eigenvalue weighted by Crippen LogP contribution is 1.98. The summed E-state index contributed by atoms with van der Waals surface area (Å²) < 4.78 is 0. The fourth-order valence-electron chi connectivity index (χ4n) is 1.11. The van der Waals surface area contributed by atoms with E-state index in [4.69, 9.17) is 17.2 Å². The van der Waals surface area contributed by atoms with E-state index >= 15 is 0 Å². The minimum Gasteiger partial charge on any atom is -0.316 e. The Morgan fingerprint density at radius 1 is 0.800 bits per heavy atom. The Morgan fingerprint density at radius 3 is 1.00 bits per heavy atom. The first-order valence-corrected chi connectivity index (χ1v) is 3.51. The van der Waals surface area contributed by atoms with E-state index in [1.54, 1.807) is 0 Å². The molecule has 0 aliphatic carbocycles. The standard InChI is InChI=1S/C6H18N4/c1-4(7)10(5(2)8)6(3)9/h4-6H,7-9H2,1-3H3/t4-,5-,6-/m0/s1. The lowest BCUT2D eigenvalue weighted by atomic mass is 10.3. The van der Waals surface area contributed by atoms with Crippen LogP contribution in [0, 0.1) is 0 Å². The Morgan fingerprint density at radius 2 is 1.00 bits per heavy atom. The van der Waals surface area contributed by atoms with Crippen LogP contribution in [0.1, 0.15) is 20.8 Å². The molecule has 0 bridgehead atoms. The fourth-order valence-corrected chi connectivity index (χ4v) is 1.11. The van der Waals surface area contributed by atoms with Crippen molar-refractivity contribution in [3.8, 4) is 0 Å². The molecule has 0 unspecified atom stereocenters. The third-order valence-electron chi connectivity index (χ3n) is 1.41. The minimum absolute atomic E-state index is 0.0833. The molecule has 0 saturated carbocycles. The average Bonchev–Trinajstić information content (AvgIpc) is 1.59. The van der Waals surface area contributed by atoms with Crippen molar-refractivity contribution in [3.63, 3.8) is 0 Å². The van der Waals surface area contributed by atoms with E-state index in [1.165, 1.54) is 0 Å². The topological polar surface area (TPSA) is 81.3 Å². The zero-order chi connectivity index (χ0) is 8.31. The van der Waals surface area contributed by atoms with Gasteiger partial charge in [0.1, 0.15) is 0 Å². The predicted molar refractivity (Wildman–Crippen MR) is 42.8 cm³/mol. The molecular formula is C6H18N4. The maximum atomic E-state index is 5.60. The molecule has 3 atom stereocenters. The van der Waals surface area contributed by atoms with Crippen LogP contribution in [-0.2, 0) is 0 Å². The van der Waals surface area contributed by atoms with Crippen LogP contribution in [-0.4, -0.2) is 23.4 Å². The van der Waals surface area contributed by atoms with Gasteiger partial charge in [0, 0.05) is 0 Å². The monoisotopic (exact) mass is 146 g/mol. The van der Waals surface area contributed by atoms with Crippen molar-refractivity contribution < 1.29 is 0 Å². The van der Waals surface area contributed by atoms with Crippen LogP contribution in [0.15, 0.2) is 0 Å². The van der Waals surface area contributed by atoms with E-state index in [0.717, 1.165) is 0 Å². The summed E-state index contributed by atoms with van der Waals surface area (Å²) in [6.45, 7) is 5.60. The van der Waals surface area contributed by atoms with Crippen molar-refractivity contribution in [2.75, 3.05) is 0 Å². The molecule has 0 spiro atoms. The predicted octanol–water partition coefficient (Wildman–Crippen LogP) is -0.797. The molecule has 0 saturated heterocycles. The van der Waals surface area contributed by atoms with Crippen molar-refractivity contribution in [2.24, 2.45) is 17.2 Å². The second kappa shape index (κ2) is 3.88. The summed E-state index contributed by atoms with van der Waals surface area (Å²) in [5.41, 5.74) is 16.8. The highest BCUT2D eigenvalue weighted by atomic mass is 15.3. The van der Waals surface area contributed by atoms with E-state index in [0.29, 0.717) is 0 Å². The Hall–Kier alpha value is -0.160. The zero-order valence-corrected chi connectivity index (χ0v) is 6.91. The first-order chi connectivity index (χ1) is 4.46. The Labute approximate surface area is 62.3 Å². The maximum Gasteiger partial charge on any atom is 0.0571 e. The summed E-state index contributed by atoms with van der Waals surface area (Å²) in [6.07, 6.45) is -0.250. The lowest BCUT2D eigenvalue weighted by Crippen LogP contribution is -2.56. The number of hydrogen-bond donors (Lipinski definition) is 3. The molecule has 0 aliphatic rings. The molecule has 0 aromatic carbocycles. The van der Waals surface area contributed by atoms with Gasteiger partial charge >= 0.3 is 0 Å². The SMILES string of the molecule is C[C@@H](N)N([C@@H](C)N)[C@@H](C)N. The molecule has 62 valence electrons. The summed E-state index contributed by atoms with van der Waals surface area (Å²) in [5, 5.41) is 0. The summed E-state index contributed by atoms with van der Waals surface area (Å²) in [6, 6.07) is 0. The van der Waals surface area contributed by atoms with E-state index in [2.05, 4.69) is 0 Å². The van der Waals surface area contributed by atoms with Gasteiger partial charge in [0.25, 0.3) is 0 Å². The lowest BCUT2D eigenvalue weighted by Gasteiger charge is -2.33. The maximum absolute atomic E-state index is 5.60. The molecule has 4 heteroatoms. The van der Waals surface area contributed by atoms with E-state index in [9.17, 15) is 0 Å². The van der Waals surface area contributed by atoms with Crippen LogP contribution in [0.25, 0.3) is 0 Å². The van der Waals surface area contributed by atoms with Crippen molar-refractivity contribution >= 4 is 0 Å². The van der Waals surface area contributed by atoms with Gasteiger partial charge in [-0.1, -0.05) is 0 Å². The molecular weight excluding hydrogens is 128 g/mol. The van der Waals surface area contributed by atoms with Crippen LogP contribution in [0.4, 0.5) is 0 Å². The smallest absolute Gasteiger partial charge is 0.0571 e. The molecule has 0 rings (SSSR count). The highest BCUT2D eigenvalue weighted by Gasteiger charge is 2.16. The van der Waals surface area contributed by atoms with Gasteiger partial charge in [0.05, 0.1) is 18.5 Å². The molecule has 0 fully saturated rings. The van der Waals surface area contributed by atoms with E-state index < -0.39 is 0 Å². The van der Waals surface area contributed by atoms with Crippen molar-refractivity contribution in [2.45, 2.75) is 39.3 Å². The van der Waals surface area contributed by atoms with Crippen molar-refractivity contribution in [1.82, 2.24) is 4.90 Å². The number of hydrogen-bond acceptors (Lipinski definition) is 4. The summed E-state index contributed by atoms with van der Waals surface area (Å²) >= 11 is 0. The molecule has 0 heterocycles. The van der Waals surface area contributed by atoms with Crippen molar-refractivity contribution in [1.29, 1.82) is 0 Å². The molecule has 0 aliphatic heterocycles. The van der Waals surface area contributed by atoms with Gasteiger partial charge in [-0.25, -0.2) is 0 Å². The van der Waals surface area contributed by atoms with E-state index in [1.807, 2.05) is 25.7 Å². The van der Waals surface area contributed by atoms with Gasteiger partial charge in [-0.2, -0.15) is 0 Å². The molecule has 0 amide bonds. The summed E-state index contributed by atoms with van der Waals surface area (Å²) in [7, 11) is 0. The summed E-state index contributed by atoms with van der Waals surface area (Å²) in [5.74, 6) is 0. The zero-order valence-electron chi connectivity index (χ0n) is 6.91. The second-order valence-corrected chi connectivity index (χ2v) is 2.67. The average molecular weight is 146 g/mol. The molecule has 0 radical (unpaired) electrons. The highest BCUT2D eigenvalue weighted by molar-refractivity contribution is 4.67. The molecule has 0 aromatic rings. The van der Waals surface area contributed by atoms with Gasteiger partial charge in [0.2, 0.25) is 0 Å². The fraction of sp³-hybridized carbons (Fsp3) is 1.00. The number of nitrogens with two attached hydrogens (primary N) is 3. The second-order valence-electron chi connectivity index (χ2n) is 2.67. The summed E-state index contributed by atoms with van der Waals surface area (Å²) in [4.78, 5) is 1.83. The Kier molecular flexibility index (Phi) is 3.81. The van der Waals surface area contributed by atoms with Crippen molar-refractivity contribution in [3.05, 3.63) is 0 Å². The Balaban J connectivity index is 3.98. The quantitative estimate of drug-likeness (QED) is 0.455. The number of rotatable bonds is 3. The Bertz CT molecular complexity index is 70.7. The first-order valence-electron chi connectivity index (χ1n) is 3.51. The largest absolute Gasteiger partial charge is 0.316 e. The minimum atomic E-state index is -0.0833. The van der Waals surface area contributed by atoms with Crippen LogP contribution in [0.3, 0.4) is 0 Å². The van der Waals surface area contributed by atoms with Crippen LogP contribution in [0.5, 0.6) is 0 Å². The van der Waals surface area contributed by atoms with Crippen LogP contribution >= 0.6 is 0 Å². The third-order valence-corrected chi connectivity index (χ3v) is 1.41. The lowest BCUT2D eigenvalue weighted by molar-refractivity contribution is 0.113. The normalized spacial score (nSPS) is 20.7. The molecule has 10 heavy (non-hydrogen) atoms. The molecule has 0 aromatic heterocycles. The van der Waals surface area contributed by atoms with Gasteiger partial charge in [-0.3, -0.25) is 4.90 Å². The number of nitrogens with zero attached hydrogens (tertiary/aromatic N) is 1. The van der Waals surface area contributed by atoms with Gasteiger partial charge in [-0.05, 0) is 20.8 Å². The van der Waals surface area contributed by atoms with Gasteiger partial charge in [0.15, 0.2) is 0 Å². The van der Waals surface area contributed by atoms with Gasteiger partial charge in [-0.15, -0.1) is 0 Å². The van der Waals surface area contributed by atoms with Crippen LogP contribution < -0.4 is 17.2 Å².